The molecule has 1 aliphatic rings. The summed E-state index contributed by atoms with van der Waals surface area (Å²) in [6.45, 7) is 4.12. The van der Waals surface area contributed by atoms with Crippen molar-refractivity contribution in [2.75, 3.05) is 6.54 Å². The maximum atomic E-state index is 13.2. The van der Waals surface area contributed by atoms with E-state index in [1.165, 1.54) is 32.1 Å². The molecule has 37 heavy (non-hydrogen) atoms. The van der Waals surface area contributed by atoms with Crippen LogP contribution in [-0.4, -0.2) is 34.5 Å². The van der Waals surface area contributed by atoms with E-state index >= 15 is 0 Å². The maximum Gasteiger partial charge on any atom is 0.310 e. The van der Waals surface area contributed by atoms with Crippen molar-refractivity contribution in [1.29, 1.82) is 0 Å². The summed E-state index contributed by atoms with van der Waals surface area (Å²) in [5.74, 6) is -1.74. The van der Waals surface area contributed by atoms with Crippen LogP contribution < -0.4 is 5.73 Å². The smallest absolute Gasteiger partial charge is 0.310 e. The molecule has 3 atom stereocenters. The number of aliphatic carboxylic acids is 2. The predicted molar refractivity (Wildman–Crippen MR) is 150 cm³/mol. The first kappa shape index (κ1) is 33.1. The van der Waals surface area contributed by atoms with E-state index in [2.05, 4.69) is 31.2 Å². The zero-order chi connectivity index (χ0) is 27.6. The number of rotatable bonds is 23. The largest absolute Gasteiger partial charge is 0.481 e. The van der Waals surface area contributed by atoms with Gasteiger partial charge in [-0.25, -0.2) is 0 Å². The van der Waals surface area contributed by atoms with E-state index in [1.807, 2.05) is 6.92 Å². The Balaban J connectivity index is 2.58. The Morgan fingerprint density at radius 2 is 1.41 bits per heavy atom. The average Bonchev–Trinajstić information content (AvgIpc) is 2.86. The van der Waals surface area contributed by atoms with Crippen molar-refractivity contribution < 1.29 is 24.6 Å². The van der Waals surface area contributed by atoms with Crippen molar-refractivity contribution >= 4 is 17.7 Å². The molecule has 0 bridgehead atoms. The van der Waals surface area contributed by atoms with Crippen molar-refractivity contribution in [2.45, 2.75) is 129 Å². The molecule has 0 radical (unpaired) electrons. The third-order valence-corrected chi connectivity index (χ3v) is 8.46. The van der Waals surface area contributed by atoms with Gasteiger partial charge in [0.05, 0.1) is 12.0 Å². The molecule has 0 aromatic carbocycles. The molecule has 0 heterocycles. The minimum Gasteiger partial charge on any atom is -0.481 e. The summed E-state index contributed by atoms with van der Waals surface area (Å²) in [4.78, 5) is 36.4. The van der Waals surface area contributed by atoms with Crippen LogP contribution in [0.25, 0.3) is 0 Å². The lowest BCUT2D eigenvalue weighted by atomic mass is 9.40. The fourth-order valence-electron chi connectivity index (χ4n) is 6.38. The van der Waals surface area contributed by atoms with Crippen LogP contribution in [0.1, 0.15) is 129 Å². The Bertz CT molecular complexity index is 746. The summed E-state index contributed by atoms with van der Waals surface area (Å²) < 4.78 is 0. The predicted octanol–water partition coefficient (Wildman–Crippen LogP) is 7.46. The Morgan fingerprint density at radius 1 is 0.811 bits per heavy atom. The Hall–Kier alpha value is -1.95. The van der Waals surface area contributed by atoms with Crippen molar-refractivity contribution in [3.8, 4) is 0 Å². The topological polar surface area (TPSA) is 118 Å². The SMILES string of the molecule is CCCCCCCC=CCC=CCCCC1(C(=O)CN)C(C)CC1(CCCCCCCC(=O)O)C(=O)O. The standard InChI is InChI=1S/C31H53NO5/c1-3-4-5-6-7-8-9-10-11-12-13-17-20-23-31(27(33)25-32)26(2)24-30(31,29(36)37)22-19-16-14-15-18-21-28(34)35/h9-10,12-13,26H,3-8,11,14-25,32H2,1-2H3,(H,34,35)(H,36,37). The third kappa shape index (κ3) is 10.0. The summed E-state index contributed by atoms with van der Waals surface area (Å²) in [7, 11) is 0. The summed E-state index contributed by atoms with van der Waals surface area (Å²) >= 11 is 0. The lowest BCUT2D eigenvalue weighted by molar-refractivity contribution is -0.199. The van der Waals surface area contributed by atoms with Crippen molar-refractivity contribution in [2.24, 2.45) is 22.5 Å². The fraction of sp³-hybridized carbons (Fsp3) is 0.774. The lowest BCUT2D eigenvalue weighted by Crippen LogP contribution is -2.66. The summed E-state index contributed by atoms with van der Waals surface area (Å²) in [6.07, 6.45) is 24.6. The van der Waals surface area contributed by atoms with Crippen LogP contribution in [-0.2, 0) is 14.4 Å². The number of Topliss-reactive ketones (excluding diaryl/α,β-unsaturated/α-hetero) is 1. The van der Waals surface area contributed by atoms with E-state index in [9.17, 15) is 19.5 Å². The zero-order valence-corrected chi connectivity index (χ0v) is 23.5. The molecular weight excluding hydrogens is 466 g/mol. The molecule has 1 rings (SSSR count). The Kier molecular flexibility index (Phi) is 16.4. The van der Waals surface area contributed by atoms with Gasteiger partial charge in [-0.05, 0) is 63.7 Å². The Morgan fingerprint density at radius 3 is 2.00 bits per heavy atom. The number of allylic oxidation sites excluding steroid dienone is 4. The number of unbranched alkanes of at least 4 members (excludes halogenated alkanes) is 10. The van der Waals surface area contributed by atoms with Gasteiger partial charge >= 0.3 is 11.9 Å². The monoisotopic (exact) mass is 519 g/mol. The van der Waals surface area contributed by atoms with Gasteiger partial charge < -0.3 is 15.9 Å². The number of nitrogens with two attached hydrogens (primary N) is 1. The molecule has 212 valence electrons. The minimum atomic E-state index is -1.03. The molecular formula is C31H53NO5. The third-order valence-electron chi connectivity index (χ3n) is 8.46. The van der Waals surface area contributed by atoms with Gasteiger partial charge in [-0.15, -0.1) is 0 Å². The van der Waals surface area contributed by atoms with Crippen molar-refractivity contribution in [3.63, 3.8) is 0 Å². The average molecular weight is 520 g/mol. The van der Waals surface area contributed by atoms with Gasteiger partial charge in [-0.1, -0.05) is 89.5 Å². The molecule has 4 N–H and O–H groups in total. The van der Waals surface area contributed by atoms with E-state index in [4.69, 9.17) is 10.8 Å². The zero-order valence-electron chi connectivity index (χ0n) is 23.5. The highest BCUT2D eigenvalue weighted by atomic mass is 16.4. The first-order chi connectivity index (χ1) is 17.8. The van der Waals surface area contributed by atoms with Crippen LogP contribution in [0.3, 0.4) is 0 Å². The van der Waals surface area contributed by atoms with E-state index in [0.29, 0.717) is 25.7 Å². The van der Waals surface area contributed by atoms with Gasteiger partial charge in [0, 0.05) is 11.8 Å². The van der Waals surface area contributed by atoms with Gasteiger partial charge in [0.25, 0.3) is 0 Å². The quantitative estimate of drug-likeness (QED) is 0.0952. The number of carbonyl (C=O) groups excluding carboxylic acids is 1. The fourth-order valence-corrected chi connectivity index (χ4v) is 6.38. The summed E-state index contributed by atoms with van der Waals surface area (Å²) in [5, 5.41) is 19.1. The van der Waals surface area contributed by atoms with E-state index in [0.717, 1.165) is 51.4 Å². The van der Waals surface area contributed by atoms with Gasteiger partial charge in [0.2, 0.25) is 0 Å². The van der Waals surface area contributed by atoms with Crippen molar-refractivity contribution in [1.82, 2.24) is 0 Å². The Labute approximate surface area is 225 Å². The van der Waals surface area contributed by atoms with Crippen LogP contribution in [0.4, 0.5) is 0 Å². The molecule has 0 aromatic rings. The van der Waals surface area contributed by atoms with E-state index in [1.54, 1.807) is 0 Å². The molecule has 0 aromatic heterocycles. The number of hydrogen-bond acceptors (Lipinski definition) is 4. The summed E-state index contributed by atoms with van der Waals surface area (Å²) in [5.41, 5.74) is 3.90. The van der Waals surface area contributed by atoms with E-state index < -0.39 is 22.8 Å². The molecule has 1 saturated carbocycles. The highest BCUT2D eigenvalue weighted by molar-refractivity contribution is 5.95. The molecule has 0 aliphatic heterocycles. The summed E-state index contributed by atoms with van der Waals surface area (Å²) in [6, 6.07) is 0. The second kappa shape index (κ2) is 18.3. The van der Waals surface area contributed by atoms with Gasteiger partial charge in [-0.2, -0.15) is 0 Å². The van der Waals surface area contributed by atoms with Gasteiger partial charge in [0.1, 0.15) is 0 Å². The molecule has 1 aliphatic carbocycles. The van der Waals surface area contributed by atoms with Crippen LogP contribution in [0.5, 0.6) is 0 Å². The van der Waals surface area contributed by atoms with Crippen LogP contribution in [0.15, 0.2) is 24.3 Å². The number of hydrogen-bond donors (Lipinski definition) is 3. The van der Waals surface area contributed by atoms with Gasteiger partial charge in [-0.3, -0.25) is 14.4 Å². The highest BCUT2D eigenvalue weighted by Gasteiger charge is 2.69. The molecule has 1 fully saturated rings. The van der Waals surface area contributed by atoms with Crippen LogP contribution in [0, 0.1) is 16.7 Å². The minimum absolute atomic E-state index is 0.0134. The van der Waals surface area contributed by atoms with Crippen LogP contribution in [0.2, 0.25) is 0 Å². The van der Waals surface area contributed by atoms with Gasteiger partial charge in [0.15, 0.2) is 5.78 Å². The number of carbonyl (C=O) groups is 3. The van der Waals surface area contributed by atoms with Crippen LogP contribution >= 0.6 is 0 Å². The molecule has 0 amide bonds. The molecule has 6 heteroatoms. The molecule has 3 unspecified atom stereocenters. The first-order valence-electron chi connectivity index (χ1n) is 14.8. The second-order valence-electron chi connectivity index (χ2n) is 11.0. The molecule has 0 saturated heterocycles. The van der Waals surface area contributed by atoms with Crippen molar-refractivity contribution in [3.05, 3.63) is 24.3 Å². The van der Waals surface area contributed by atoms with E-state index in [-0.39, 0.29) is 24.7 Å². The molecule has 6 nitrogen and oxygen atoms in total. The number of carboxylic acid groups (broad SMARTS) is 2. The number of carboxylic acids is 2. The maximum absolute atomic E-state index is 13.2. The lowest BCUT2D eigenvalue weighted by Gasteiger charge is -2.61. The second-order valence-corrected chi connectivity index (χ2v) is 11.0. The number of ketones is 1. The highest BCUT2D eigenvalue weighted by Crippen LogP contribution is 2.66. The molecule has 0 spiro atoms. The first-order valence-corrected chi connectivity index (χ1v) is 14.8. The normalized spacial score (nSPS) is 23.5.